The number of nitrogens with one attached hydrogen (secondary N) is 1. The molecular weight excluding hydrogens is 359 g/mol. The monoisotopic (exact) mass is 375 g/mol. The molecule has 2 aromatic rings. The van der Waals surface area contributed by atoms with E-state index >= 15 is 0 Å². The highest BCUT2D eigenvalue weighted by molar-refractivity contribution is 5.91. The number of carbonyl (C=O) groups excluding carboxylic acids is 1. The number of carbonyl (C=O) groups is 1. The van der Waals surface area contributed by atoms with Gasteiger partial charge in [0.1, 0.15) is 0 Å². The first-order valence-corrected chi connectivity index (χ1v) is 8.20. The number of ether oxygens (including phenoxy) is 1. The molecule has 2 aliphatic heterocycles. The number of fused-ring (bicyclic) bond motifs is 3. The summed E-state index contributed by atoms with van der Waals surface area (Å²) in [6.45, 7) is 0. The first kappa shape index (κ1) is 17.4. The molecule has 1 unspecified atom stereocenters. The Hall–Kier alpha value is -3.00. The molecule has 0 aromatic heterocycles. The van der Waals surface area contributed by atoms with Crippen molar-refractivity contribution in [3.05, 3.63) is 71.1 Å². The molecule has 1 N–H and O–H groups in total. The van der Waals surface area contributed by atoms with Gasteiger partial charge in [-0.05, 0) is 42.5 Å². The minimum absolute atomic E-state index is 0.197. The Morgan fingerprint density at radius 1 is 1.15 bits per heavy atom. The van der Waals surface area contributed by atoms with Gasteiger partial charge in [-0.1, -0.05) is 0 Å². The predicted molar refractivity (Wildman–Crippen MR) is 93.1 cm³/mol. The van der Waals surface area contributed by atoms with E-state index < -0.39 is 17.7 Å². The normalized spacial score (nSPS) is 18.3. The Morgan fingerprint density at radius 3 is 2.48 bits per heavy atom. The van der Waals surface area contributed by atoms with Crippen LogP contribution in [-0.2, 0) is 10.9 Å². The molecular formula is C19H16F3N3O2. The highest BCUT2D eigenvalue weighted by atomic mass is 19.4. The molecule has 5 nitrogen and oxygen atoms in total. The van der Waals surface area contributed by atoms with Crippen LogP contribution in [0.5, 0.6) is 0 Å². The summed E-state index contributed by atoms with van der Waals surface area (Å²) < 4.78 is 43.4. The van der Waals surface area contributed by atoms with Crippen LogP contribution in [0.1, 0.15) is 27.5 Å². The molecule has 4 rings (SSSR count). The summed E-state index contributed by atoms with van der Waals surface area (Å²) in [4.78, 5) is 13.8. The molecule has 1 atom stereocenters. The summed E-state index contributed by atoms with van der Waals surface area (Å²) in [6.07, 6.45) is -2.51. The number of hydrogen-bond donors (Lipinski definition) is 1. The van der Waals surface area contributed by atoms with Crippen LogP contribution in [0.2, 0.25) is 0 Å². The van der Waals surface area contributed by atoms with Gasteiger partial charge in [0, 0.05) is 24.5 Å². The fraction of sp³-hybridized carbons (Fsp3) is 0.211. The summed E-state index contributed by atoms with van der Waals surface area (Å²) in [6, 6.07) is 10.0. The number of alkyl halides is 3. The highest BCUT2D eigenvalue weighted by Crippen LogP contribution is 2.49. The Bertz CT molecular complexity index is 938. The summed E-state index contributed by atoms with van der Waals surface area (Å²) >= 11 is 0. The van der Waals surface area contributed by atoms with Gasteiger partial charge in [-0.3, -0.25) is 0 Å². The van der Waals surface area contributed by atoms with E-state index in [0.29, 0.717) is 11.3 Å². The molecule has 140 valence electrons. The van der Waals surface area contributed by atoms with Crippen LogP contribution in [0.3, 0.4) is 0 Å². The third-order valence-electron chi connectivity index (χ3n) is 4.67. The van der Waals surface area contributed by atoms with Crippen LogP contribution in [0.25, 0.3) is 0 Å². The second-order valence-corrected chi connectivity index (χ2v) is 6.37. The maximum Gasteiger partial charge on any atom is 0.416 e. The molecule has 8 heteroatoms. The zero-order valence-corrected chi connectivity index (χ0v) is 14.5. The van der Waals surface area contributed by atoms with Crippen LogP contribution in [0.4, 0.5) is 24.5 Å². The summed E-state index contributed by atoms with van der Waals surface area (Å²) in [5.74, 6) is -0.442. The van der Waals surface area contributed by atoms with E-state index in [0.717, 1.165) is 29.1 Å². The van der Waals surface area contributed by atoms with E-state index in [4.69, 9.17) is 4.74 Å². The lowest BCUT2D eigenvalue weighted by Gasteiger charge is -2.22. The number of methoxy groups -OCH3 is 1. The maximum absolute atomic E-state index is 12.9. The Morgan fingerprint density at radius 2 is 1.85 bits per heavy atom. The second-order valence-electron chi connectivity index (χ2n) is 6.37. The largest absolute Gasteiger partial charge is 0.465 e. The molecule has 0 aliphatic carbocycles. The van der Waals surface area contributed by atoms with Gasteiger partial charge in [-0.25, -0.2) is 10.2 Å². The molecule has 0 radical (unpaired) electrons. The van der Waals surface area contributed by atoms with E-state index in [1.807, 2.05) is 18.1 Å². The number of anilines is 2. The van der Waals surface area contributed by atoms with E-state index in [9.17, 15) is 18.0 Å². The Labute approximate surface area is 153 Å². The lowest BCUT2D eigenvalue weighted by molar-refractivity contribution is -0.137. The van der Waals surface area contributed by atoms with Crippen molar-refractivity contribution < 1.29 is 22.7 Å². The Balaban J connectivity index is 1.79. The van der Waals surface area contributed by atoms with Crippen molar-refractivity contribution in [2.45, 2.75) is 12.2 Å². The fourth-order valence-corrected chi connectivity index (χ4v) is 3.46. The quantitative estimate of drug-likeness (QED) is 0.805. The van der Waals surface area contributed by atoms with Crippen LogP contribution >= 0.6 is 0 Å². The Kier molecular flexibility index (Phi) is 3.88. The van der Waals surface area contributed by atoms with E-state index in [1.165, 1.54) is 19.2 Å². The standard InChI is InChI=1S/C19H16F3N3O2/c1-24-10-16-17(23-24)14-9-11(18(26)27-2)3-8-15(14)25(16)13-6-4-12(5-7-13)19(20,21)22/h3-10,17,23H,1-2H3. The summed E-state index contributed by atoms with van der Waals surface area (Å²) in [7, 11) is 3.15. The molecule has 2 aliphatic rings. The van der Waals surface area contributed by atoms with Crippen molar-refractivity contribution in [3.8, 4) is 0 Å². The van der Waals surface area contributed by atoms with Gasteiger partial charge < -0.3 is 14.6 Å². The van der Waals surface area contributed by atoms with Gasteiger partial charge in [0.15, 0.2) is 0 Å². The van der Waals surface area contributed by atoms with Crippen LogP contribution < -0.4 is 10.3 Å². The SMILES string of the molecule is COC(=O)c1ccc2c(c1)C1NN(C)C=C1N2c1ccc(C(F)(F)F)cc1. The first-order valence-electron chi connectivity index (χ1n) is 8.20. The molecule has 27 heavy (non-hydrogen) atoms. The number of rotatable bonds is 2. The second kappa shape index (κ2) is 6.02. The highest BCUT2D eigenvalue weighted by Gasteiger charge is 2.39. The van der Waals surface area contributed by atoms with Crippen LogP contribution in [-0.4, -0.2) is 25.1 Å². The van der Waals surface area contributed by atoms with Crippen molar-refractivity contribution in [1.82, 2.24) is 10.4 Å². The van der Waals surface area contributed by atoms with Gasteiger partial charge in [-0.15, -0.1) is 0 Å². The molecule has 0 bridgehead atoms. The van der Waals surface area contributed by atoms with Gasteiger partial charge in [0.2, 0.25) is 0 Å². The minimum Gasteiger partial charge on any atom is -0.465 e. The van der Waals surface area contributed by atoms with Gasteiger partial charge >= 0.3 is 12.1 Å². The predicted octanol–water partition coefficient (Wildman–Crippen LogP) is 3.98. The zero-order valence-electron chi connectivity index (χ0n) is 14.5. The third-order valence-corrected chi connectivity index (χ3v) is 4.67. The maximum atomic E-state index is 12.9. The molecule has 2 heterocycles. The van der Waals surface area contributed by atoms with E-state index in [-0.39, 0.29) is 6.04 Å². The third kappa shape index (κ3) is 2.82. The van der Waals surface area contributed by atoms with Gasteiger partial charge in [0.05, 0.1) is 35.7 Å². The topological polar surface area (TPSA) is 44.8 Å². The van der Waals surface area contributed by atoms with Crippen molar-refractivity contribution in [2.75, 3.05) is 19.1 Å². The van der Waals surface area contributed by atoms with Crippen LogP contribution in [0, 0.1) is 0 Å². The lowest BCUT2D eigenvalue weighted by atomic mass is 10.0. The van der Waals surface area contributed by atoms with Gasteiger partial charge in [-0.2, -0.15) is 13.2 Å². The minimum atomic E-state index is -4.38. The fourth-order valence-electron chi connectivity index (χ4n) is 3.46. The summed E-state index contributed by atoms with van der Waals surface area (Å²) in [5.41, 5.74) is 6.12. The average molecular weight is 375 g/mol. The molecule has 0 saturated heterocycles. The number of hydrogen-bond acceptors (Lipinski definition) is 5. The van der Waals surface area contributed by atoms with Gasteiger partial charge in [0.25, 0.3) is 0 Å². The first-order chi connectivity index (χ1) is 12.8. The molecule has 0 fully saturated rings. The number of hydrazine groups is 1. The average Bonchev–Trinajstić information content (AvgIpc) is 3.14. The number of halogens is 3. The molecule has 2 aromatic carbocycles. The number of esters is 1. The van der Waals surface area contributed by atoms with Crippen molar-refractivity contribution in [2.24, 2.45) is 0 Å². The van der Waals surface area contributed by atoms with E-state index in [2.05, 4.69) is 5.43 Å². The lowest BCUT2D eigenvalue weighted by Crippen LogP contribution is -2.27. The number of nitrogens with zero attached hydrogens (tertiary/aromatic N) is 2. The smallest absolute Gasteiger partial charge is 0.416 e. The number of benzene rings is 2. The van der Waals surface area contributed by atoms with Crippen LogP contribution in [0.15, 0.2) is 54.4 Å². The zero-order chi connectivity index (χ0) is 19.3. The van der Waals surface area contributed by atoms with Crippen molar-refractivity contribution >= 4 is 17.3 Å². The van der Waals surface area contributed by atoms with Crippen molar-refractivity contribution in [1.29, 1.82) is 0 Å². The molecule has 0 spiro atoms. The molecule has 0 saturated carbocycles. The summed E-state index contributed by atoms with van der Waals surface area (Å²) in [5, 5.41) is 1.78. The van der Waals surface area contributed by atoms with E-state index in [1.54, 1.807) is 23.2 Å². The molecule has 0 amide bonds. The van der Waals surface area contributed by atoms with Crippen molar-refractivity contribution in [3.63, 3.8) is 0 Å².